The molecule has 0 fully saturated rings. The van der Waals surface area contributed by atoms with E-state index in [2.05, 4.69) is 5.32 Å². The number of benzene rings is 2. The van der Waals surface area contributed by atoms with Crippen LogP contribution in [0.25, 0.3) is 11.0 Å². The van der Waals surface area contributed by atoms with Crippen molar-refractivity contribution >= 4 is 28.5 Å². The molecule has 1 N–H and O–H groups in total. The van der Waals surface area contributed by atoms with Crippen LogP contribution in [0.5, 0.6) is 11.5 Å². The van der Waals surface area contributed by atoms with Gasteiger partial charge < -0.3 is 19.2 Å². The van der Waals surface area contributed by atoms with Gasteiger partial charge in [0.05, 0.1) is 26.3 Å². The van der Waals surface area contributed by atoms with E-state index in [1.807, 2.05) is 12.1 Å². The SMILES string of the molecule is COc1ccc2c(CC(=O)NCCOc3ccc(Cl)cc3)coc2c1. The molecule has 0 atom stereocenters. The fourth-order valence-electron chi connectivity index (χ4n) is 2.45. The van der Waals surface area contributed by atoms with Crippen LogP contribution in [0.1, 0.15) is 5.56 Å². The van der Waals surface area contributed by atoms with Crippen LogP contribution < -0.4 is 14.8 Å². The zero-order valence-corrected chi connectivity index (χ0v) is 14.5. The Morgan fingerprint density at radius 3 is 2.68 bits per heavy atom. The Kier molecular flexibility index (Phi) is 5.46. The molecule has 0 aliphatic heterocycles. The molecular formula is C19H18ClNO4. The number of nitrogens with one attached hydrogen (secondary N) is 1. The maximum absolute atomic E-state index is 12.1. The minimum Gasteiger partial charge on any atom is -0.497 e. The average molecular weight is 360 g/mol. The average Bonchev–Trinajstić information content (AvgIpc) is 3.02. The number of hydrogen-bond acceptors (Lipinski definition) is 4. The van der Waals surface area contributed by atoms with E-state index in [0.717, 1.165) is 16.7 Å². The number of hydrogen-bond donors (Lipinski definition) is 1. The minimum atomic E-state index is -0.0850. The van der Waals surface area contributed by atoms with Gasteiger partial charge in [0.15, 0.2) is 0 Å². The van der Waals surface area contributed by atoms with Crippen LogP contribution in [0.15, 0.2) is 53.1 Å². The Morgan fingerprint density at radius 1 is 1.16 bits per heavy atom. The van der Waals surface area contributed by atoms with Gasteiger partial charge in [0.2, 0.25) is 5.91 Å². The standard InChI is InChI=1S/C19H18ClNO4/c1-23-16-6-7-17-13(12-25-18(17)11-16)10-19(22)21-8-9-24-15-4-2-14(20)3-5-15/h2-7,11-12H,8-10H2,1H3,(H,21,22). The minimum absolute atomic E-state index is 0.0850. The van der Waals surface area contributed by atoms with Crippen molar-refractivity contribution in [3.63, 3.8) is 0 Å². The zero-order chi connectivity index (χ0) is 17.6. The van der Waals surface area contributed by atoms with Gasteiger partial charge in [-0.2, -0.15) is 0 Å². The normalized spacial score (nSPS) is 10.6. The second-order valence-electron chi connectivity index (χ2n) is 5.45. The smallest absolute Gasteiger partial charge is 0.224 e. The third-order valence-electron chi connectivity index (χ3n) is 3.72. The summed E-state index contributed by atoms with van der Waals surface area (Å²) in [5, 5.41) is 4.40. The summed E-state index contributed by atoms with van der Waals surface area (Å²) in [7, 11) is 1.60. The van der Waals surface area contributed by atoms with Gasteiger partial charge in [-0.15, -0.1) is 0 Å². The van der Waals surface area contributed by atoms with E-state index < -0.39 is 0 Å². The number of halogens is 1. The fourth-order valence-corrected chi connectivity index (χ4v) is 2.58. The van der Waals surface area contributed by atoms with Gasteiger partial charge in [-0.05, 0) is 36.4 Å². The van der Waals surface area contributed by atoms with Gasteiger partial charge >= 0.3 is 0 Å². The van der Waals surface area contributed by atoms with E-state index in [-0.39, 0.29) is 12.3 Å². The Hall–Kier alpha value is -2.66. The molecule has 0 aliphatic rings. The molecule has 25 heavy (non-hydrogen) atoms. The largest absolute Gasteiger partial charge is 0.497 e. The summed E-state index contributed by atoms with van der Waals surface area (Å²) in [6, 6.07) is 12.6. The van der Waals surface area contributed by atoms with Crippen molar-refractivity contribution in [2.75, 3.05) is 20.3 Å². The van der Waals surface area contributed by atoms with Crippen LogP contribution in [0.3, 0.4) is 0 Å². The molecule has 3 aromatic rings. The van der Waals surface area contributed by atoms with Crippen LogP contribution >= 0.6 is 11.6 Å². The van der Waals surface area contributed by atoms with Crippen LogP contribution in [0.2, 0.25) is 5.02 Å². The highest BCUT2D eigenvalue weighted by molar-refractivity contribution is 6.30. The summed E-state index contributed by atoms with van der Waals surface area (Å²) in [5.74, 6) is 1.35. The molecule has 1 aromatic heterocycles. The van der Waals surface area contributed by atoms with E-state index in [9.17, 15) is 4.79 Å². The molecule has 0 saturated heterocycles. The summed E-state index contributed by atoms with van der Waals surface area (Å²) >= 11 is 5.81. The lowest BCUT2D eigenvalue weighted by Gasteiger charge is -2.07. The van der Waals surface area contributed by atoms with Gasteiger partial charge in [0, 0.05) is 22.0 Å². The molecular weight excluding hydrogens is 342 g/mol. The molecule has 6 heteroatoms. The molecule has 3 rings (SSSR count). The first-order valence-electron chi connectivity index (χ1n) is 7.85. The summed E-state index contributed by atoms with van der Waals surface area (Å²) in [6.07, 6.45) is 1.86. The molecule has 2 aromatic carbocycles. The summed E-state index contributed by atoms with van der Waals surface area (Å²) in [6.45, 7) is 0.807. The lowest BCUT2D eigenvalue weighted by molar-refractivity contribution is -0.120. The fraction of sp³-hybridized carbons (Fsp3) is 0.211. The summed E-state index contributed by atoms with van der Waals surface area (Å²) < 4.78 is 16.2. The first-order chi connectivity index (χ1) is 12.2. The number of methoxy groups -OCH3 is 1. The highest BCUT2D eigenvalue weighted by Crippen LogP contribution is 2.25. The van der Waals surface area contributed by atoms with Gasteiger partial charge in [-0.3, -0.25) is 4.79 Å². The Labute approximate surface area is 150 Å². The van der Waals surface area contributed by atoms with Crippen molar-refractivity contribution in [1.29, 1.82) is 0 Å². The number of carbonyl (C=O) groups is 1. The maximum Gasteiger partial charge on any atom is 0.224 e. The van der Waals surface area contributed by atoms with Gasteiger partial charge in [-0.25, -0.2) is 0 Å². The number of rotatable bonds is 7. The topological polar surface area (TPSA) is 60.7 Å². The zero-order valence-electron chi connectivity index (χ0n) is 13.8. The molecule has 0 saturated carbocycles. The third-order valence-corrected chi connectivity index (χ3v) is 3.97. The monoisotopic (exact) mass is 359 g/mol. The van der Waals surface area contributed by atoms with Crippen LogP contribution in [-0.4, -0.2) is 26.2 Å². The summed E-state index contributed by atoms with van der Waals surface area (Å²) in [4.78, 5) is 12.1. The molecule has 130 valence electrons. The number of fused-ring (bicyclic) bond motifs is 1. The third kappa shape index (κ3) is 4.45. The predicted octanol–water partition coefficient (Wildman–Crippen LogP) is 3.83. The highest BCUT2D eigenvalue weighted by Gasteiger charge is 2.11. The Balaban J connectivity index is 1.48. The van der Waals surface area contributed by atoms with Crippen molar-refractivity contribution in [3.8, 4) is 11.5 Å². The Bertz CT molecular complexity index is 857. The van der Waals surface area contributed by atoms with Crippen LogP contribution in [0, 0.1) is 0 Å². The lowest BCUT2D eigenvalue weighted by Crippen LogP contribution is -2.29. The van der Waals surface area contributed by atoms with Crippen LogP contribution in [0.4, 0.5) is 0 Å². The van der Waals surface area contributed by atoms with E-state index >= 15 is 0 Å². The lowest BCUT2D eigenvalue weighted by atomic mass is 10.1. The molecule has 0 aliphatic carbocycles. The quantitative estimate of drug-likeness (QED) is 0.651. The van der Waals surface area contributed by atoms with Gasteiger partial charge in [-0.1, -0.05) is 11.6 Å². The van der Waals surface area contributed by atoms with Crippen molar-refractivity contribution in [3.05, 3.63) is 59.3 Å². The number of carbonyl (C=O) groups excluding carboxylic acids is 1. The van der Waals surface area contributed by atoms with Gasteiger partial charge in [0.25, 0.3) is 0 Å². The molecule has 1 heterocycles. The first kappa shape index (κ1) is 17.2. The van der Waals surface area contributed by atoms with Crippen LogP contribution in [-0.2, 0) is 11.2 Å². The maximum atomic E-state index is 12.1. The molecule has 5 nitrogen and oxygen atoms in total. The molecule has 0 radical (unpaired) electrons. The number of ether oxygens (including phenoxy) is 2. The molecule has 0 spiro atoms. The van der Waals surface area contributed by atoms with Crippen molar-refractivity contribution in [2.24, 2.45) is 0 Å². The number of furan rings is 1. The molecule has 0 unspecified atom stereocenters. The number of amides is 1. The van der Waals surface area contributed by atoms with Crippen molar-refractivity contribution in [2.45, 2.75) is 6.42 Å². The van der Waals surface area contributed by atoms with Crippen molar-refractivity contribution in [1.82, 2.24) is 5.32 Å². The summed E-state index contributed by atoms with van der Waals surface area (Å²) in [5.41, 5.74) is 1.54. The van der Waals surface area contributed by atoms with Crippen molar-refractivity contribution < 1.29 is 18.7 Å². The second-order valence-corrected chi connectivity index (χ2v) is 5.89. The van der Waals surface area contributed by atoms with E-state index in [1.165, 1.54) is 0 Å². The van der Waals surface area contributed by atoms with E-state index in [0.29, 0.717) is 29.5 Å². The molecule has 0 bridgehead atoms. The second kappa shape index (κ2) is 7.94. The first-order valence-corrected chi connectivity index (χ1v) is 8.22. The molecule has 1 amide bonds. The predicted molar refractivity (Wildman–Crippen MR) is 96.4 cm³/mol. The van der Waals surface area contributed by atoms with E-state index in [4.69, 9.17) is 25.5 Å². The highest BCUT2D eigenvalue weighted by atomic mass is 35.5. The van der Waals surface area contributed by atoms with E-state index in [1.54, 1.807) is 43.7 Å². The Morgan fingerprint density at radius 2 is 1.92 bits per heavy atom. The van der Waals surface area contributed by atoms with Gasteiger partial charge in [0.1, 0.15) is 23.7 Å².